The van der Waals surface area contributed by atoms with Crippen molar-refractivity contribution in [2.24, 2.45) is 47.3 Å². The summed E-state index contributed by atoms with van der Waals surface area (Å²) in [6, 6.07) is 0. The zero-order chi connectivity index (χ0) is 32.7. The molecule has 1 aromatic heterocycles. The van der Waals surface area contributed by atoms with Crippen LogP contribution in [0.5, 0.6) is 0 Å². The zero-order valence-electron chi connectivity index (χ0n) is 28.7. The topological polar surface area (TPSA) is 155 Å². The van der Waals surface area contributed by atoms with Gasteiger partial charge in [-0.15, -0.1) is 11.3 Å². The predicted molar refractivity (Wildman–Crippen MR) is 191 cm³/mol. The number of nitrogens with zero attached hydrogens (tertiary/aromatic N) is 1. The number of hydrogen-bond acceptors (Lipinski definition) is 12. The SMILES string of the molecule is O=S(=O)(Nc1nccs1)C1CCCC2C3NC4NC(NC5NC(NC6NC(NC(N3)C21)C1CCCCC61)C1CCCCC51)C1CCCCC41. The first-order valence-corrected chi connectivity index (χ1v) is 22.4. The number of thiazole rings is 1. The van der Waals surface area contributed by atoms with Gasteiger partial charge in [-0.3, -0.25) is 47.3 Å². The Morgan fingerprint density at radius 1 is 0.510 bits per heavy atom. The van der Waals surface area contributed by atoms with Crippen LogP contribution >= 0.6 is 11.3 Å². The third-order valence-electron chi connectivity index (χ3n) is 14.9. The minimum atomic E-state index is -3.64. The summed E-state index contributed by atoms with van der Waals surface area (Å²) in [6.45, 7) is 0. The number of sulfonamides is 1. The van der Waals surface area contributed by atoms with Gasteiger partial charge in [0.05, 0.1) is 54.6 Å². The summed E-state index contributed by atoms with van der Waals surface area (Å²) in [4.78, 5) is 4.29. The molecule has 17 unspecified atom stereocenters. The molecule has 14 heteroatoms. The van der Waals surface area contributed by atoms with E-state index in [0.29, 0.717) is 59.4 Å². The molecule has 0 amide bonds. The van der Waals surface area contributed by atoms with Crippen LogP contribution in [-0.4, -0.2) is 68.0 Å². The highest BCUT2D eigenvalue weighted by molar-refractivity contribution is 7.93. The van der Waals surface area contributed by atoms with Crippen LogP contribution in [0.4, 0.5) is 5.13 Å². The maximum absolute atomic E-state index is 14.2. The molecule has 1 aromatic rings. The van der Waals surface area contributed by atoms with E-state index in [1.807, 2.05) is 5.38 Å². The highest BCUT2D eigenvalue weighted by Gasteiger charge is 2.57. The van der Waals surface area contributed by atoms with E-state index in [2.05, 4.69) is 52.2 Å². The van der Waals surface area contributed by atoms with Gasteiger partial charge in [-0.25, -0.2) is 13.4 Å². The van der Waals surface area contributed by atoms with Crippen molar-refractivity contribution < 1.29 is 8.42 Å². The molecular weight excluding hydrogens is 657 g/mol. The lowest BCUT2D eigenvalue weighted by molar-refractivity contribution is 0.168. The first-order valence-electron chi connectivity index (χ1n) is 20.0. The van der Waals surface area contributed by atoms with Crippen molar-refractivity contribution in [2.45, 2.75) is 151 Å². The molecule has 272 valence electrons. The molecule has 5 saturated heterocycles. The van der Waals surface area contributed by atoms with Crippen LogP contribution in [0.25, 0.3) is 0 Å². The van der Waals surface area contributed by atoms with Crippen LogP contribution in [0.1, 0.15) is 96.3 Å². The zero-order valence-corrected chi connectivity index (χ0v) is 30.3. The maximum Gasteiger partial charge on any atom is 0.237 e. The molecule has 5 aliphatic heterocycles. The second-order valence-electron chi connectivity index (χ2n) is 17.2. The summed E-state index contributed by atoms with van der Waals surface area (Å²) >= 11 is 1.35. The van der Waals surface area contributed by atoms with Crippen molar-refractivity contribution in [3.05, 3.63) is 11.6 Å². The summed E-state index contributed by atoms with van der Waals surface area (Å²) in [5, 5.41) is 34.9. The van der Waals surface area contributed by atoms with Gasteiger partial charge in [0.2, 0.25) is 10.0 Å². The Labute approximate surface area is 296 Å². The molecule has 0 radical (unpaired) electrons. The number of rotatable bonds is 3. The Balaban J connectivity index is 1.00. The molecule has 9 N–H and O–H groups in total. The normalized spacial score (nSPS) is 51.0. The van der Waals surface area contributed by atoms with Crippen molar-refractivity contribution in [3.63, 3.8) is 0 Å². The molecule has 0 spiro atoms. The van der Waals surface area contributed by atoms with Gasteiger partial charge in [-0.2, -0.15) is 0 Å². The minimum Gasteiger partial charge on any atom is -0.286 e. The highest BCUT2D eigenvalue weighted by atomic mass is 32.2. The van der Waals surface area contributed by atoms with Crippen LogP contribution in [0.2, 0.25) is 0 Å². The van der Waals surface area contributed by atoms with Crippen LogP contribution in [-0.2, 0) is 10.0 Å². The van der Waals surface area contributed by atoms with E-state index in [0.717, 1.165) is 12.8 Å². The first kappa shape index (κ1) is 32.7. The quantitative estimate of drug-likeness (QED) is 0.227. The molecule has 10 rings (SSSR count). The van der Waals surface area contributed by atoms with Crippen LogP contribution in [0.15, 0.2) is 11.6 Å². The van der Waals surface area contributed by atoms with Gasteiger partial charge in [0, 0.05) is 17.5 Å². The van der Waals surface area contributed by atoms with E-state index in [1.54, 1.807) is 6.20 Å². The molecule has 12 nitrogen and oxygen atoms in total. The number of nitrogens with one attached hydrogen (secondary N) is 9. The number of fused-ring (bicyclic) bond motifs is 20. The Bertz CT molecular complexity index is 1430. The van der Waals surface area contributed by atoms with Gasteiger partial charge in [0.1, 0.15) is 0 Å². The fourth-order valence-corrected chi connectivity index (χ4v) is 15.4. The standard InChI is InChI=1S/C35H58N10O2S2/c46-49(47,45-35-36-16-17-48-35)25-15-7-14-24-26(25)34-43-32-23-13-6-5-12-22(23)30(41-32)39-28-19-9-2-1-8-18(19)27(37-28)38-29-20-10-3-4-11-21(20)31(40-29)42-33(24)44-34/h16-34,37-44H,1-15H2,(H,36,45). The highest BCUT2D eigenvalue weighted by Crippen LogP contribution is 2.46. The number of anilines is 1. The molecule has 4 aliphatic carbocycles. The van der Waals surface area contributed by atoms with E-state index < -0.39 is 15.3 Å². The third kappa shape index (κ3) is 5.83. The predicted octanol–water partition coefficient (Wildman–Crippen LogP) is 2.48. The van der Waals surface area contributed by atoms with Crippen molar-refractivity contribution in [1.82, 2.24) is 47.5 Å². The average Bonchev–Trinajstić information content (AvgIpc) is 3.95. The number of hydrogen-bond donors (Lipinski definition) is 9. The van der Waals surface area contributed by atoms with Crippen LogP contribution in [0, 0.1) is 47.3 Å². The molecule has 9 fully saturated rings. The molecule has 8 bridgehead atoms. The fourth-order valence-electron chi connectivity index (χ4n) is 12.8. The fraction of sp³-hybridized carbons (Fsp3) is 0.914. The van der Waals surface area contributed by atoms with Crippen molar-refractivity contribution in [2.75, 3.05) is 4.72 Å². The van der Waals surface area contributed by atoms with Crippen molar-refractivity contribution in [3.8, 4) is 0 Å². The second-order valence-corrected chi connectivity index (χ2v) is 20.0. The third-order valence-corrected chi connectivity index (χ3v) is 17.5. The smallest absolute Gasteiger partial charge is 0.237 e. The van der Waals surface area contributed by atoms with Gasteiger partial charge < -0.3 is 0 Å². The van der Waals surface area contributed by atoms with Crippen LogP contribution in [0.3, 0.4) is 0 Å². The maximum atomic E-state index is 14.2. The van der Waals surface area contributed by atoms with E-state index in [4.69, 9.17) is 0 Å². The Kier molecular flexibility index (Phi) is 8.79. The summed E-state index contributed by atoms with van der Waals surface area (Å²) < 4.78 is 31.3. The summed E-state index contributed by atoms with van der Waals surface area (Å²) in [6.07, 6.45) is 21.1. The Morgan fingerprint density at radius 3 is 1.27 bits per heavy atom. The molecule has 9 aliphatic rings. The molecular formula is C35H58N10O2S2. The van der Waals surface area contributed by atoms with E-state index >= 15 is 0 Å². The lowest BCUT2D eigenvalue weighted by atomic mass is 9.76. The summed E-state index contributed by atoms with van der Waals surface area (Å²) in [7, 11) is -3.64. The van der Waals surface area contributed by atoms with Crippen molar-refractivity contribution in [1.29, 1.82) is 0 Å². The Hall–Kier alpha value is -0.940. The lowest BCUT2D eigenvalue weighted by Crippen LogP contribution is -2.62. The molecule has 4 saturated carbocycles. The van der Waals surface area contributed by atoms with Gasteiger partial charge in [0.15, 0.2) is 5.13 Å². The Morgan fingerprint density at radius 2 is 0.878 bits per heavy atom. The van der Waals surface area contributed by atoms with Crippen molar-refractivity contribution >= 4 is 26.5 Å². The van der Waals surface area contributed by atoms with Gasteiger partial charge in [-0.05, 0) is 92.8 Å². The lowest BCUT2D eigenvalue weighted by Gasteiger charge is -2.39. The largest absolute Gasteiger partial charge is 0.286 e. The monoisotopic (exact) mass is 714 g/mol. The van der Waals surface area contributed by atoms with Gasteiger partial charge in [0.25, 0.3) is 0 Å². The molecule has 6 heterocycles. The minimum absolute atomic E-state index is 0.0429. The van der Waals surface area contributed by atoms with Gasteiger partial charge >= 0.3 is 0 Å². The second kappa shape index (κ2) is 13.2. The van der Waals surface area contributed by atoms with Gasteiger partial charge in [-0.1, -0.05) is 44.9 Å². The molecule has 0 aromatic carbocycles. The van der Waals surface area contributed by atoms with E-state index in [9.17, 15) is 8.42 Å². The molecule has 17 atom stereocenters. The van der Waals surface area contributed by atoms with E-state index in [1.165, 1.54) is 88.4 Å². The van der Waals surface area contributed by atoms with E-state index in [-0.39, 0.29) is 48.8 Å². The average molecular weight is 715 g/mol. The number of aromatic nitrogens is 1. The first-order chi connectivity index (χ1) is 24.0. The van der Waals surface area contributed by atoms with Crippen LogP contribution < -0.4 is 47.3 Å². The summed E-state index contributed by atoms with van der Waals surface area (Å²) in [5.74, 6) is 3.75. The summed E-state index contributed by atoms with van der Waals surface area (Å²) in [5.41, 5.74) is 0. The molecule has 49 heavy (non-hydrogen) atoms.